The van der Waals surface area contributed by atoms with E-state index in [2.05, 4.69) is 162 Å². The van der Waals surface area contributed by atoms with Crippen LogP contribution in [-0.2, 0) is 26.5 Å². The maximum Gasteiger partial charge on any atom is 0.121 e. The van der Waals surface area contributed by atoms with Gasteiger partial charge < -0.3 is 14.4 Å². The van der Waals surface area contributed by atoms with E-state index in [-0.39, 0.29) is 20.1 Å². The Kier molecular flexibility index (Phi) is 13.7. The molecule has 63 heavy (non-hydrogen) atoms. The molecule has 0 saturated heterocycles. The molecule has 3 nitrogen and oxygen atoms in total. The second-order valence-electron chi connectivity index (χ2n) is 20.3. The molecule has 0 bridgehead atoms. The molecule has 0 saturated carbocycles. The first kappa shape index (κ1) is 44.9. The molecular formula is C57H64IrN2OSi2-2. The largest absolute Gasteiger partial charge is 0.501 e. The molecule has 327 valence electrons. The smallest absolute Gasteiger partial charge is 0.121 e. The van der Waals surface area contributed by atoms with Crippen LogP contribution < -0.4 is 10.4 Å². The molecule has 0 N–H and O–H groups in total. The molecule has 5 aromatic carbocycles. The zero-order valence-corrected chi connectivity index (χ0v) is 43.8. The predicted molar refractivity (Wildman–Crippen MR) is 272 cm³/mol. The number of fused-ring (bicyclic) bond motifs is 3. The zero-order valence-electron chi connectivity index (χ0n) is 41.4. The average molecular weight is 1040 g/mol. The molecule has 0 fully saturated rings. The van der Waals surface area contributed by atoms with Crippen molar-refractivity contribution in [2.24, 2.45) is 5.41 Å². The maximum absolute atomic E-state index is 8.69. The first-order valence-electron chi connectivity index (χ1n) is 23.1. The van der Waals surface area contributed by atoms with Gasteiger partial charge in [-0.15, -0.1) is 54.1 Å². The van der Waals surface area contributed by atoms with Crippen LogP contribution in [0.5, 0.6) is 0 Å². The van der Waals surface area contributed by atoms with Crippen molar-refractivity contribution in [1.29, 1.82) is 0 Å². The van der Waals surface area contributed by atoms with Crippen LogP contribution in [0.4, 0.5) is 0 Å². The minimum Gasteiger partial charge on any atom is -0.501 e. The maximum atomic E-state index is 8.69. The summed E-state index contributed by atoms with van der Waals surface area (Å²) in [7, 11) is -2.73. The fraction of sp³-hybridized carbons (Fsp3) is 0.298. The fourth-order valence-corrected chi connectivity index (χ4v) is 10.3. The van der Waals surface area contributed by atoms with Crippen molar-refractivity contribution in [2.75, 3.05) is 0 Å². The number of furan rings is 1. The summed E-state index contributed by atoms with van der Waals surface area (Å²) in [6, 6.07) is 46.8. The van der Waals surface area contributed by atoms with Gasteiger partial charge in [-0.1, -0.05) is 175 Å². The van der Waals surface area contributed by atoms with Gasteiger partial charge in [-0.05, 0) is 86.6 Å². The minimum atomic E-state index is -1.51. The van der Waals surface area contributed by atoms with Gasteiger partial charge in [0.05, 0.1) is 21.7 Å². The number of benzene rings is 5. The van der Waals surface area contributed by atoms with Gasteiger partial charge in [-0.25, -0.2) is 0 Å². The summed E-state index contributed by atoms with van der Waals surface area (Å²) in [5, 5.41) is 5.05. The van der Waals surface area contributed by atoms with Crippen LogP contribution >= 0.6 is 0 Å². The molecule has 0 spiro atoms. The molecule has 6 heteroatoms. The molecule has 0 aliphatic heterocycles. The van der Waals surface area contributed by atoms with Crippen LogP contribution in [0.1, 0.15) is 79.7 Å². The Morgan fingerprint density at radius 3 is 1.86 bits per heavy atom. The van der Waals surface area contributed by atoms with E-state index in [4.69, 9.17) is 7.16 Å². The Bertz CT molecular complexity index is 2890. The normalized spacial score (nSPS) is 12.8. The van der Waals surface area contributed by atoms with E-state index >= 15 is 0 Å². The van der Waals surface area contributed by atoms with E-state index in [9.17, 15) is 0 Å². The monoisotopic (exact) mass is 1040 g/mol. The van der Waals surface area contributed by atoms with Gasteiger partial charge >= 0.3 is 0 Å². The first-order chi connectivity index (χ1) is 30.0. The Morgan fingerprint density at radius 1 is 0.619 bits per heavy atom. The van der Waals surface area contributed by atoms with Gasteiger partial charge in [0.2, 0.25) is 0 Å². The standard InChI is InChI=1S/C31H32NOSi.C26H32NSi.Ir/c1-31(2,3)20-21-16-17-32-28(18-21)27-9-7-8-26-25-15-12-23(19-29(25)33-30(26)27)22-10-13-24(14-11-22)34(4,5)6;1-18(2)23-16-22(28(5,6)7)17-24(19(3)4)26(23)21-13-14-27-25(15-21)20-11-9-8-10-12-20;/h7-8,10-19H,20H2,1-6H3;8-11,13-19H,1-7H3;/q2*-1;/i20D2;;. The summed E-state index contributed by atoms with van der Waals surface area (Å²) in [6.45, 7) is 29.4. The fourth-order valence-electron chi connectivity index (χ4n) is 8.00. The summed E-state index contributed by atoms with van der Waals surface area (Å²) < 4.78 is 23.8. The van der Waals surface area contributed by atoms with E-state index in [0.717, 1.165) is 44.3 Å². The Balaban J connectivity index is 0.000000219. The van der Waals surface area contributed by atoms with Gasteiger partial charge in [-0.3, -0.25) is 0 Å². The van der Waals surface area contributed by atoms with Crippen LogP contribution in [-0.4, -0.2) is 26.1 Å². The van der Waals surface area contributed by atoms with Crippen molar-refractivity contribution in [3.05, 3.63) is 156 Å². The van der Waals surface area contributed by atoms with Gasteiger partial charge in [0.15, 0.2) is 0 Å². The molecule has 0 unspecified atom stereocenters. The molecule has 0 aliphatic carbocycles. The molecule has 8 rings (SSSR count). The second kappa shape index (κ2) is 19.2. The summed E-state index contributed by atoms with van der Waals surface area (Å²) >= 11 is 0. The van der Waals surface area contributed by atoms with Crippen molar-refractivity contribution in [1.82, 2.24) is 9.97 Å². The van der Waals surface area contributed by atoms with Gasteiger partial charge in [0.25, 0.3) is 0 Å². The van der Waals surface area contributed by atoms with Crippen LogP contribution in [0, 0.1) is 17.5 Å². The van der Waals surface area contributed by atoms with Gasteiger partial charge in [-0.2, -0.15) is 0 Å². The van der Waals surface area contributed by atoms with Crippen molar-refractivity contribution in [3.8, 4) is 44.8 Å². The molecular weight excluding hydrogens is 977 g/mol. The van der Waals surface area contributed by atoms with Crippen molar-refractivity contribution >= 4 is 48.5 Å². The molecule has 8 aromatic rings. The summed E-state index contributed by atoms with van der Waals surface area (Å²) in [5.74, 6) is 0.951. The van der Waals surface area contributed by atoms with Gasteiger partial charge in [0, 0.05) is 40.6 Å². The number of hydrogen-bond acceptors (Lipinski definition) is 3. The predicted octanol–water partition coefficient (Wildman–Crippen LogP) is 15.3. The molecule has 1 radical (unpaired) electrons. The summed E-state index contributed by atoms with van der Waals surface area (Å²) in [6.07, 6.45) is 2.10. The number of hydrogen-bond donors (Lipinski definition) is 0. The van der Waals surface area contributed by atoms with Crippen molar-refractivity contribution < 1.29 is 27.3 Å². The van der Waals surface area contributed by atoms with E-state index < -0.39 is 27.9 Å². The molecule has 0 atom stereocenters. The minimum absolute atomic E-state index is 0. The molecule has 3 aromatic heterocycles. The number of aromatic nitrogens is 2. The average Bonchev–Trinajstić information content (AvgIpc) is 3.64. The van der Waals surface area contributed by atoms with Crippen LogP contribution in [0.15, 0.2) is 132 Å². The van der Waals surface area contributed by atoms with Crippen molar-refractivity contribution in [3.63, 3.8) is 0 Å². The Hall–Kier alpha value is -4.72. The van der Waals surface area contributed by atoms with E-state index in [1.54, 1.807) is 17.4 Å². The third-order valence-corrected chi connectivity index (χ3v) is 15.5. The first-order valence-corrected chi connectivity index (χ1v) is 29.1. The summed E-state index contributed by atoms with van der Waals surface area (Å²) in [4.78, 5) is 9.18. The third-order valence-electron chi connectivity index (χ3n) is 11.4. The Morgan fingerprint density at radius 2 is 1.25 bits per heavy atom. The zero-order chi connectivity index (χ0) is 46.4. The van der Waals surface area contributed by atoms with E-state index in [0.29, 0.717) is 23.1 Å². The Labute approximate surface area is 396 Å². The number of nitrogens with zero attached hydrogens (tertiary/aromatic N) is 2. The van der Waals surface area contributed by atoms with Gasteiger partial charge in [0.1, 0.15) is 5.58 Å². The number of rotatable bonds is 9. The van der Waals surface area contributed by atoms with Crippen LogP contribution in [0.2, 0.25) is 39.3 Å². The van der Waals surface area contributed by atoms with Crippen molar-refractivity contribution in [2.45, 2.75) is 106 Å². The molecule has 0 amide bonds. The molecule has 0 aliphatic rings. The summed E-state index contributed by atoms with van der Waals surface area (Å²) in [5.41, 5.74) is 12.9. The van der Waals surface area contributed by atoms with E-state index in [1.165, 1.54) is 33.0 Å². The SMILES string of the molecule is CC(C)c1cc([Si](C)(C)C)cc(C(C)C)c1-c1ccnc(-c2[c-]cccc2)c1.[2H]C([2H])(c1ccnc(-c2[c-]ccc3c2oc2cc(-c4ccc([Si](C)(C)C)cc4)ccc23)c1)C(C)(C)C.[Ir]. The second-order valence-corrected chi connectivity index (χ2v) is 30.5. The third kappa shape index (κ3) is 11.2. The van der Waals surface area contributed by atoms with Crippen LogP contribution in [0.25, 0.3) is 66.7 Å². The van der Waals surface area contributed by atoms with E-state index in [1.807, 2.05) is 63.4 Å². The number of pyridine rings is 2. The van der Waals surface area contributed by atoms with Crippen LogP contribution in [0.3, 0.4) is 0 Å². The quantitative estimate of drug-likeness (QED) is 0.107. The molecule has 3 heterocycles. The topological polar surface area (TPSA) is 38.9 Å².